The van der Waals surface area contributed by atoms with Crippen LogP contribution in [0.2, 0.25) is 0 Å². The molecule has 5 heteroatoms. The Labute approximate surface area is 159 Å². The van der Waals surface area contributed by atoms with Crippen LogP contribution in [-0.4, -0.2) is 61.8 Å². The fraction of sp³-hybridized carbons (Fsp3) is 0.952. The first-order chi connectivity index (χ1) is 12.7. The fourth-order valence-electron chi connectivity index (χ4n) is 5.85. The predicted octanol–water partition coefficient (Wildman–Crippen LogP) is 2.91. The van der Waals surface area contributed by atoms with Crippen LogP contribution in [0.1, 0.15) is 71.1 Å². The van der Waals surface area contributed by atoms with Crippen LogP contribution in [0.5, 0.6) is 0 Å². The maximum atomic E-state index is 5.99. The molecular formula is C21H38N4O. The van der Waals surface area contributed by atoms with Gasteiger partial charge in [0.05, 0.1) is 6.10 Å². The summed E-state index contributed by atoms with van der Waals surface area (Å²) in [5, 5.41) is 7.46. The normalized spacial score (nSPS) is 33.1. The van der Waals surface area contributed by atoms with Gasteiger partial charge < -0.3 is 20.3 Å². The molecule has 0 amide bonds. The van der Waals surface area contributed by atoms with E-state index in [2.05, 4.69) is 27.4 Å². The third kappa shape index (κ3) is 3.49. The van der Waals surface area contributed by atoms with E-state index in [0.29, 0.717) is 23.6 Å². The molecule has 1 heterocycles. The van der Waals surface area contributed by atoms with Crippen molar-refractivity contribution in [1.82, 2.24) is 15.5 Å². The van der Waals surface area contributed by atoms with Gasteiger partial charge in [-0.05, 0) is 51.9 Å². The Hall–Kier alpha value is -0.810. The van der Waals surface area contributed by atoms with Crippen molar-refractivity contribution in [3.05, 3.63) is 0 Å². The monoisotopic (exact) mass is 362 g/mol. The van der Waals surface area contributed by atoms with Crippen LogP contribution in [0, 0.1) is 5.41 Å². The molecule has 3 saturated carbocycles. The van der Waals surface area contributed by atoms with Crippen molar-refractivity contribution in [2.75, 3.05) is 26.7 Å². The van der Waals surface area contributed by atoms with Crippen molar-refractivity contribution >= 4 is 5.96 Å². The smallest absolute Gasteiger partial charge is 0.191 e. The highest BCUT2D eigenvalue weighted by Gasteiger charge is 2.59. The number of guanidine groups is 1. The van der Waals surface area contributed by atoms with Crippen molar-refractivity contribution in [3.63, 3.8) is 0 Å². The Morgan fingerprint density at radius 2 is 1.81 bits per heavy atom. The molecule has 0 aromatic carbocycles. The lowest BCUT2D eigenvalue weighted by Crippen LogP contribution is -2.69. The summed E-state index contributed by atoms with van der Waals surface area (Å²) in [5.41, 5.74) is 0.388. The maximum absolute atomic E-state index is 5.99. The lowest BCUT2D eigenvalue weighted by atomic mass is 9.51. The summed E-state index contributed by atoms with van der Waals surface area (Å²) < 4.78 is 5.99. The van der Waals surface area contributed by atoms with E-state index in [0.717, 1.165) is 25.0 Å². The zero-order valence-electron chi connectivity index (χ0n) is 16.8. The van der Waals surface area contributed by atoms with E-state index < -0.39 is 0 Å². The van der Waals surface area contributed by atoms with Crippen LogP contribution < -0.4 is 10.6 Å². The van der Waals surface area contributed by atoms with Crippen molar-refractivity contribution in [3.8, 4) is 0 Å². The van der Waals surface area contributed by atoms with E-state index in [1.165, 1.54) is 70.9 Å². The third-order valence-corrected chi connectivity index (χ3v) is 7.68. The molecule has 0 bridgehead atoms. The largest absolute Gasteiger partial charge is 0.378 e. The van der Waals surface area contributed by atoms with Gasteiger partial charge in [-0.1, -0.05) is 19.3 Å². The van der Waals surface area contributed by atoms with E-state index in [1.54, 1.807) is 0 Å². The Kier molecular flexibility index (Phi) is 5.75. The molecule has 1 aliphatic heterocycles. The summed E-state index contributed by atoms with van der Waals surface area (Å²) in [7, 11) is 1.91. The molecule has 26 heavy (non-hydrogen) atoms. The van der Waals surface area contributed by atoms with Gasteiger partial charge in [0.2, 0.25) is 0 Å². The minimum absolute atomic E-state index is 0.388. The van der Waals surface area contributed by atoms with Crippen LogP contribution in [-0.2, 0) is 4.74 Å². The van der Waals surface area contributed by atoms with Crippen molar-refractivity contribution in [2.45, 2.75) is 95.4 Å². The van der Waals surface area contributed by atoms with Crippen LogP contribution in [0.4, 0.5) is 0 Å². The summed E-state index contributed by atoms with van der Waals surface area (Å²) in [6.07, 6.45) is 13.8. The first-order valence-electron chi connectivity index (χ1n) is 11.1. The predicted molar refractivity (Wildman–Crippen MR) is 107 cm³/mol. The van der Waals surface area contributed by atoms with Crippen molar-refractivity contribution in [2.24, 2.45) is 10.4 Å². The first kappa shape index (κ1) is 18.5. The number of likely N-dealkylation sites (tertiary alicyclic amines) is 1. The van der Waals surface area contributed by atoms with Crippen molar-refractivity contribution in [1.29, 1.82) is 0 Å². The fourth-order valence-corrected chi connectivity index (χ4v) is 5.85. The second kappa shape index (κ2) is 8.05. The second-order valence-electron chi connectivity index (χ2n) is 8.93. The number of hydrogen-bond donors (Lipinski definition) is 2. The molecule has 0 aromatic rings. The van der Waals surface area contributed by atoms with Gasteiger partial charge in [0.1, 0.15) is 0 Å². The Morgan fingerprint density at radius 3 is 2.38 bits per heavy atom. The molecule has 148 valence electrons. The van der Waals surface area contributed by atoms with Gasteiger partial charge in [0, 0.05) is 50.3 Å². The summed E-state index contributed by atoms with van der Waals surface area (Å²) in [4.78, 5) is 7.27. The van der Waals surface area contributed by atoms with Crippen LogP contribution in [0.15, 0.2) is 4.99 Å². The third-order valence-electron chi connectivity index (χ3n) is 7.68. The molecule has 4 aliphatic rings. The summed E-state index contributed by atoms with van der Waals surface area (Å²) in [6.45, 7) is 5.45. The van der Waals surface area contributed by atoms with Gasteiger partial charge in [-0.15, -0.1) is 0 Å². The van der Waals surface area contributed by atoms with Gasteiger partial charge in [0.15, 0.2) is 5.96 Å². The minimum Gasteiger partial charge on any atom is -0.378 e. The highest BCUT2D eigenvalue weighted by Crippen LogP contribution is 2.57. The highest BCUT2D eigenvalue weighted by atomic mass is 16.5. The quantitative estimate of drug-likeness (QED) is 0.583. The van der Waals surface area contributed by atoms with Crippen molar-refractivity contribution < 1.29 is 4.74 Å². The first-order valence-corrected chi connectivity index (χ1v) is 11.1. The molecule has 1 spiro atoms. The number of hydrogen-bond acceptors (Lipinski definition) is 3. The second-order valence-corrected chi connectivity index (χ2v) is 8.93. The number of piperidine rings is 1. The Balaban J connectivity index is 1.24. The van der Waals surface area contributed by atoms with Crippen LogP contribution in [0.25, 0.3) is 0 Å². The standard InChI is InChI=1S/C21H38N4O/c1-3-26-19-15-18(21(19)11-6-12-21)24-20(22-2)23-16-9-13-25(14-10-16)17-7-4-5-8-17/h16-19H,3-15H2,1-2H3,(H2,22,23,24). The Morgan fingerprint density at radius 1 is 1.08 bits per heavy atom. The average molecular weight is 363 g/mol. The van der Waals surface area contributed by atoms with Gasteiger partial charge in [-0.25, -0.2) is 0 Å². The maximum Gasteiger partial charge on any atom is 0.191 e. The molecule has 3 aliphatic carbocycles. The molecule has 4 fully saturated rings. The van der Waals surface area contributed by atoms with Gasteiger partial charge >= 0.3 is 0 Å². The molecule has 2 N–H and O–H groups in total. The minimum atomic E-state index is 0.388. The molecule has 2 atom stereocenters. The Bertz CT molecular complexity index is 490. The number of aliphatic imine (C=N–C) groups is 1. The number of rotatable bonds is 5. The van der Waals surface area contributed by atoms with Gasteiger partial charge in [0.25, 0.3) is 0 Å². The molecule has 0 radical (unpaired) electrons. The van der Waals surface area contributed by atoms with Gasteiger partial charge in [-0.2, -0.15) is 0 Å². The topological polar surface area (TPSA) is 48.9 Å². The molecule has 0 aromatic heterocycles. The molecule has 2 unspecified atom stereocenters. The lowest BCUT2D eigenvalue weighted by Gasteiger charge is -2.61. The van der Waals surface area contributed by atoms with E-state index >= 15 is 0 Å². The molecular weight excluding hydrogens is 324 g/mol. The van der Waals surface area contributed by atoms with Gasteiger partial charge in [-0.3, -0.25) is 4.99 Å². The molecule has 4 rings (SSSR count). The number of nitrogens with one attached hydrogen (secondary N) is 2. The summed E-state index contributed by atoms with van der Waals surface area (Å²) >= 11 is 0. The zero-order chi connectivity index (χ0) is 18.0. The van der Waals surface area contributed by atoms with E-state index in [-0.39, 0.29) is 0 Å². The van der Waals surface area contributed by atoms with E-state index in [9.17, 15) is 0 Å². The molecule has 1 saturated heterocycles. The lowest BCUT2D eigenvalue weighted by molar-refractivity contribution is -0.168. The summed E-state index contributed by atoms with van der Waals surface area (Å²) in [5.74, 6) is 1.01. The number of ether oxygens (including phenoxy) is 1. The van der Waals surface area contributed by atoms with Crippen LogP contribution in [0.3, 0.4) is 0 Å². The number of nitrogens with zero attached hydrogens (tertiary/aromatic N) is 2. The highest BCUT2D eigenvalue weighted by molar-refractivity contribution is 5.80. The SMILES string of the molecule is CCOC1CC(NC(=NC)NC2CCN(C3CCCC3)CC2)C12CCC2. The van der Waals surface area contributed by atoms with Crippen LogP contribution >= 0.6 is 0 Å². The summed E-state index contributed by atoms with van der Waals surface area (Å²) in [6, 6.07) is 1.98. The zero-order valence-corrected chi connectivity index (χ0v) is 16.8. The molecule has 5 nitrogen and oxygen atoms in total. The van der Waals surface area contributed by atoms with E-state index in [4.69, 9.17) is 4.74 Å². The van der Waals surface area contributed by atoms with E-state index in [1.807, 2.05) is 7.05 Å². The average Bonchev–Trinajstić information content (AvgIpc) is 3.13.